The molecule has 0 bridgehead atoms. The third kappa shape index (κ3) is 4.44. The highest BCUT2D eigenvalue weighted by Crippen LogP contribution is 2.37. The van der Waals surface area contributed by atoms with Crippen LogP contribution in [0.2, 0.25) is 0 Å². The molecular formula is C18H26O2. The standard InChI is InChI=1S/C18H26O2/c1-5-9-13-19-17-15(7-3)11-12-16(8-4)18(17)20-14-10-6-2/h7-8,11-12H,3-6,9-10,13-14H2,1-2H3. The first-order valence-electron chi connectivity index (χ1n) is 7.45. The summed E-state index contributed by atoms with van der Waals surface area (Å²) in [6.45, 7) is 13.4. The number of ether oxygens (including phenoxy) is 2. The average Bonchev–Trinajstić information content (AvgIpc) is 2.48. The van der Waals surface area contributed by atoms with E-state index in [4.69, 9.17) is 9.47 Å². The van der Waals surface area contributed by atoms with Gasteiger partial charge in [0.25, 0.3) is 0 Å². The van der Waals surface area contributed by atoms with E-state index in [1.807, 2.05) is 12.1 Å². The molecular weight excluding hydrogens is 248 g/mol. The van der Waals surface area contributed by atoms with Crippen LogP contribution in [-0.2, 0) is 0 Å². The first kappa shape index (κ1) is 16.4. The number of unbranched alkanes of at least 4 members (excludes halogenated alkanes) is 2. The zero-order chi connectivity index (χ0) is 14.8. The van der Waals surface area contributed by atoms with E-state index in [-0.39, 0.29) is 0 Å². The monoisotopic (exact) mass is 274 g/mol. The highest BCUT2D eigenvalue weighted by Gasteiger charge is 2.13. The van der Waals surface area contributed by atoms with Crippen molar-refractivity contribution in [3.8, 4) is 11.5 Å². The maximum atomic E-state index is 5.93. The average molecular weight is 274 g/mol. The van der Waals surface area contributed by atoms with Crippen molar-refractivity contribution in [2.24, 2.45) is 0 Å². The Kier molecular flexibility index (Phi) is 7.56. The molecule has 0 heterocycles. The molecule has 20 heavy (non-hydrogen) atoms. The zero-order valence-electron chi connectivity index (χ0n) is 12.8. The molecule has 2 nitrogen and oxygen atoms in total. The zero-order valence-corrected chi connectivity index (χ0v) is 12.8. The fourth-order valence-corrected chi connectivity index (χ4v) is 1.85. The van der Waals surface area contributed by atoms with Gasteiger partial charge in [-0.05, 0) is 12.8 Å². The Bertz CT molecular complexity index is 394. The van der Waals surface area contributed by atoms with Gasteiger partial charge in [-0.2, -0.15) is 0 Å². The molecule has 0 unspecified atom stereocenters. The second kappa shape index (κ2) is 9.24. The minimum atomic E-state index is 0.697. The fourth-order valence-electron chi connectivity index (χ4n) is 1.85. The molecule has 1 aromatic rings. The lowest BCUT2D eigenvalue weighted by Crippen LogP contribution is -2.05. The first-order chi connectivity index (χ1) is 9.78. The van der Waals surface area contributed by atoms with Crippen LogP contribution in [0.5, 0.6) is 11.5 Å². The quantitative estimate of drug-likeness (QED) is 0.537. The van der Waals surface area contributed by atoms with E-state index in [2.05, 4.69) is 27.0 Å². The second-order valence-corrected chi connectivity index (χ2v) is 4.71. The van der Waals surface area contributed by atoms with E-state index < -0.39 is 0 Å². The summed E-state index contributed by atoms with van der Waals surface area (Å²) in [4.78, 5) is 0. The van der Waals surface area contributed by atoms with Gasteiger partial charge in [0.05, 0.1) is 13.2 Å². The SMILES string of the molecule is C=Cc1ccc(C=C)c(OCCCC)c1OCCCC. The number of benzene rings is 1. The van der Waals surface area contributed by atoms with Crippen LogP contribution in [0, 0.1) is 0 Å². The molecule has 0 radical (unpaired) electrons. The predicted octanol–water partition coefficient (Wildman–Crippen LogP) is 5.33. The van der Waals surface area contributed by atoms with Crippen LogP contribution in [-0.4, -0.2) is 13.2 Å². The van der Waals surface area contributed by atoms with Crippen LogP contribution < -0.4 is 9.47 Å². The molecule has 0 N–H and O–H groups in total. The maximum Gasteiger partial charge on any atom is 0.168 e. The van der Waals surface area contributed by atoms with E-state index in [1.165, 1.54) is 0 Å². The number of hydrogen-bond acceptors (Lipinski definition) is 2. The molecule has 0 aliphatic carbocycles. The van der Waals surface area contributed by atoms with Crippen molar-refractivity contribution >= 4 is 12.2 Å². The van der Waals surface area contributed by atoms with Crippen LogP contribution in [0.4, 0.5) is 0 Å². The van der Waals surface area contributed by atoms with Gasteiger partial charge in [-0.15, -0.1) is 0 Å². The molecule has 0 aromatic heterocycles. The van der Waals surface area contributed by atoms with Crippen molar-refractivity contribution in [1.82, 2.24) is 0 Å². The summed E-state index contributed by atoms with van der Waals surface area (Å²) < 4.78 is 11.9. The summed E-state index contributed by atoms with van der Waals surface area (Å²) in [6.07, 6.45) is 7.89. The number of hydrogen-bond donors (Lipinski definition) is 0. The Balaban J connectivity index is 3.04. The Hall–Kier alpha value is -1.70. The molecule has 2 heteroatoms. The van der Waals surface area contributed by atoms with Crippen LogP contribution in [0.1, 0.15) is 50.7 Å². The van der Waals surface area contributed by atoms with Gasteiger partial charge in [-0.1, -0.05) is 64.1 Å². The van der Waals surface area contributed by atoms with Gasteiger partial charge >= 0.3 is 0 Å². The van der Waals surface area contributed by atoms with Gasteiger partial charge in [0.1, 0.15) is 0 Å². The lowest BCUT2D eigenvalue weighted by atomic mass is 10.1. The fraction of sp³-hybridized carbons (Fsp3) is 0.444. The van der Waals surface area contributed by atoms with E-state index in [0.717, 1.165) is 48.3 Å². The summed E-state index contributed by atoms with van der Waals surface area (Å²) in [7, 11) is 0. The summed E-state index contributed by atoms with van der Waals surface area (Å²) in [6, 6.07) is 4.00. The molecule has 0 spiro atoms. The molecule has 1 rings (SSSR count). The Morgan fingerprint density at radius 3 is 1.55 bits per heavy atom. The Morgan fingerprint density at radius 1 is 0.850 bits per heavy atom. The van der Waals surface area contributed by atoms with Gasteiger partial charge < -0.3 is 9.47 Å². The first-order valence-corrected chi connectivity index (χ1v) is 7.45. The summed E-state index contributed by atoms with van der Waals surface area (Å²) in [5.41, 5.74) is 1.94. The predicted molar refractivity (Wildman–Crippen MR) is 87.4 cm³/mol. The minimum Gasteiger partial charge on any atom is -0.489 e. The van der Waals surface area contributed by atoms with Crippen LogP contribution >= 0.6 is 0 Å². The van der Waals surface area contributed by atoms with Gasteiger partial charge in [0.2, 0.25) is 0 Å². The van der Waals surface area contributed by atoms with E-state index in [0.29, 0.717) is 13.2 Å². The largest absolute Gasteiger partial charge is 0.489 e. The van der Waals surface area contributed by atoms with Crippen molar-refractivity contribution in [1.29, 1.82) is 0 Å². The van der Waals surface area contributed by atoms with Crippen LogP contribution in [0.3, 0.4) is 0 Å². The highest BCUT2D eigenvalue weighted by molar-refractivity contribution is 5.69. The molecule has 0 amide bonds. The van der Waals surface area contributed by atoms with Crippen molar-refractivity contribution in [3.05, 3.63) is 36.4 Å². The van der Waals surface area contributed by atoms with Crippen LogP contribution in [0.25, 0.3) is 12.2 Å². The highest BCUT2D eigenvalue weighted by atomic mass is 16.5. The molecule has 0 aliphatic rings. The third-order valence-corrected chi connectivity index (χ3v) is 3.10. The summed E-state index contributed by atoms with van der Waals surface area (Å²) in [5, 5.41) is 0. The van der Waals surface area contributed by atoms with Gasteiger partial charge in [-0.25, -0.2) is 0 Å². The smallest absolute Gasteiger partial charge is 0.168 e. The van der Waals surface area contributed by atoms with Crippen molar-refractivity contribution in [2.75, 3.05) is 13.2 Å². The lowest BCUT2D eigenvalue weighted by molar-refractivity contribution is 0.261. The minimum absolute atomic E-state index is 0.697. The summed E-state index contributed by atoms with van der Waals surface area (Å²) >= 11 is 0. The molecule has 110 valence electrons. The molecule has 0 fully saturated rings. The van der Waals surface area contributed by atoms with Gasteiger partial charge in [0, 0.05) is 11.1 Å². The van der Waals surface area contributed by atoms with Gasteiger partial charge in [0.15, 0.2) is 11.5 Å². The topological polar surface area (TPSA) is 18.5 Å². The Morgan fingerprint density at radius 2 is 1.25 bits per heavy atom. The third-order valence-electron chi connectivity index (χ3n) is 3.10. The van der Waals surface area contributed by atoms with Crippen molar-refractivity contribution in [2.45, 2.75) is 39.5 Å². The van der Waals surface area contributed by atoms with E-state index >= 15 is 0 Å². The molecule has 0 aliphatic heterocycles. The van der Waals surface area contributed by atoms with E-state index in [9.17, 15) is 0 Å². The molecule has 0 saturated heterocycles. The molecule has 1 aromatic carbocycles. The van der Waals surface area contributed by atoms with Crippen molar-refractivity contribution in [3.63, 3.8) is 0 Å². The van der Waals surface area contributed by atoms with Crippen LogP contribution in [0.15, 0.2) is 25.3 Å². The van der Waals surface area contributed by atoms with E-state index in [1.54, 1.807) is 12.2 Å². The molecule has 0 atom stereocenters. The maximum absolute atomic E-state index is 5.93. The van der Waals surface area contributed by atoms with Gasteiger partial charge in [-0.3, -0.25) is 0 Å². The lowest BCUT2D eigenvalue weighted by Gasteiger charge is -2.17. The summed E-state index contributed by atoms with van der Waals surface area (Å²) in [5.74, 6) is 1.59. The second-order valence-electron chi connectivity index (χ2n) is 4.71. The Labute approximate surface area is 123 Å². The van der Waals surface area contributed by atoms with Crippen molar-refractivity contribution < 1.29 is 9.47 Å². The number of rotatable bonds is 10. The molecule has 0 saturated carbocycles. The normalized spacial score (nSPS) is 10.1.